The van der Waals surface area contributed by atoms with E-state index in [4.69, 9.17) is 5.10 Å². The van der Waals surface area contributed by atoms with E-state index in [1.165, 1.54) is 0 Å². The standard InChI is InChI=1S/C16H18N2O/c1-11(2)16-15-13(9-6-10-14(15)19)18(17-16)12-7-4-3-5-8-12/h3-5,7-8,11H,6,9-10H2,1-2H3. The minimum Gasteiger partial charge on any atom is -0.294 e. The van der Waals surface area contributed by atoms with Gasteiger partial charge in [0.1, 0.15) is 0 Å². The van der Waals surface area contributed by atoms with Crippen molar-refractivity contribution in [3.8, 4) is 5.69 Å². The van der Waals surface area contributed by atoms with Crippen LogP contribution in [-0.2, 0) is 6.42 Å². The van der Waals surface area contributed by atoms with Crippen LogP contribution in [0.1, 0.15) is 54.4 Å². The molecule has 1 aromatic heterocycles. The first-order chi connectivity index (χ1) is 9.18. The summed E-state index contributed by atoms with van der Waals surface area (Å²) in [7, 11) is 0. The van der Waals surface area contributed by atoms with Crippen molar-refractivity contribution >= 4 is 5.78 Å². The Kier molecular flexibility index (Phi) is 2.97. The first-order valence-electron chi connectivity index (χ1n) is 6.89. The molecule has 3 rings (SSSR count). The van der Waals surface area contributed by atoms with Crippen LogP contribution in [0.5, 0.6) is 0 Å². The zero-order chi connectivity index (χ0) is 13.4. The fourth-order valence-electron chi connectivity index (χ4n) is 2.73. The lowest BCUT2D eigenvalue weighted by Gasteiger charge is -2.13. The Morgan fingerprint density at radius 2 is 1.89 bits per heavy atom. The molecule has 2 aromatic rings. The van der Waals surface area contributed by atoms with E-state index in [0.717, 1.165) is 35.5 Å². The molecule has 0 spiro atoms. The zero-order valence-electron chi connectivity index (χ0n) is 11.4. The number of rotatable bonds is 2. The van der Waals surface area contributed by atoms with Crippen LogP contribution in [0.4, 0.5) is 0 Å². The Hall–Kier alpha value is -1.90. The molecule has 19 heavy (non-hydrogen) atoms. The van der Waals surface area contributed by atoms with Gasteiger partial charge in [-0.2, -0.15) is 5.10 Å². The molecular formula is C16H18N2O. The molecule has 0 radical (unpaired) electrons. The summed E-state index contributed by atoms with van der Waals surface area (Å²) in [4.78, 5) is 12.2. The summed E-state index contributed by atoms with van der Waals surface area (Å²) >= 11 is 0. The predicted octanol–water partition coefficient (Wildman–Crippen LogP) is 3.51. The number of aromatic nitrogens is 2. The predicted molar refractivity (Wildman–Crippen MR) is 74.9 cm³/mol. The first kappa shape index (κ1) is 12.2. The molecule has 1 heterocycles. The Labute approximate surface area is 113 Å². The number of hydrogen-bond donors (Lipinski definition) is 0. The van der Waals surface area contributed by atoms with Gasteiger partial charge < -0.3 is 0 Å². The van der Waals surface area contributed by atoms with Crippen LogP contribution in [0.15, 0.2) is 30.3 Å². The van der Waals surface area contributed by atoms with E-state index < -0.39 is 0 Å². The number of carbonyl (C=O) groups excluding carboxylic acids is 1. The number of ketones is 1. The van der Waals surface area contributed by atoms with E-state index in [1.54, 1.807) is 0 Å². The molecule has 0 fully saturated rings. The van der Waals surface area contributed by atoms with Gasteiger partial charge in [0.15, 0.2) is 5.78 Å². The number of para-hydroxylation sites is 1. The molecule has 98 valence electrons. The van der Waals surface area contributed by atoms with Gasteiger partial charge in [0, 0.05) is 6.42 Å². The Morgan fingerprint density at radius 3 is 2.58 bits per heavy atom. The number of fused-ring (bicyclic) bond motifs is 1. The average Bonchev–Trinajstić information content (AvgIpc) is 2.81. The van der Waals surface area contributed by atoms with Crippen molar-refractivity contribution in [1.29, 1.82) is 0 Å². The van der Waals surface area contributed by atoms with Gasteiger partial charge in [0.2, 0.25) is 0 Å². The third kappa shape index (κ3) is 1.99. The van der Waals surface area contributed by atoms with Gasteiger partial charge in [-0.3, -0.25) is 4.79 Å². The third-order valence-electron chi connectivity index (χ3n) is 3.65. The van der Waals surface area contributed by atoms with Crippen LogP contribution in [0.25, 0.3) is 5.69 Å². The molecule has 0 unspecified atom stereocenters. The van der Waals surface area contributed by atoms with Crippen LogP contribution < -0.4 is 0 Å². The van der Waals surface area contributed by atoms with Gasteiger partial charge in [-0.1, -0.05) is 32.0 Å². The van der Waals surface area contributed by atoms with Gasteiger partial charge in [-0.15, -0.1) is 0 Å². The molecule has 1 aromatic carbocycles. The maximum atomic E-state index is 12.2. The van der Waals surface area contributed by atoms with Crippen molar-refractivity contribution in [2.75, 3.05) is 0 Å². The number of benzene rings is 1. The Balaban J connectivity index is 2.22. The Morgan fingerprint density at radius 1 is 1.16 bits per heavy atom. The number of hydrogen-bond acceptors (Lipinski definition) is 2. The van der Waals surface area contributed by atoms with Gasteiger partial charge in [0.05, 0.1) is 22.6 Å². The monoisotopic (exact) mass is 254 g/mol. The quantitative estimate of drug-likeness (QED) is 0.822. The fourth-order valence-corrected chi connectivity index (χ4v) is 2.73. The van der Waals surface area contributed by atoms with Gasteiger partial charge in [0.25, 0.3) is 0 Å². The SMILES string of the molecule is CC(C)c1nn(-c2ccccc2)c2c1C(=O)CCC2. The van der Waals surface area contributed by atoms with E-state index in [2.05, 4.69) is 13.8 Å². The summed E-state index contributed by atoms with van der Waals surface area (Å²) in [6, 6.07) is 10.1. The average molecular weight is 254 g/mol. The number of carbonyl (C=O) groups is 1. The second kappa shape index (κ2) is 4.65. The zero-order valence-corrected chi connectivity index (χ0v) is 11.4. The maximum absolute atomic E-state index is 12.2. The normalized spacial score (nSPS) is 14.8. The summed E-state index contributed by atoms with van der Waals surface area (Å²) in [5, 5.41) is 4.71. The fraction of sp³-hybridized carbons (Fsp3) is 0.375. The lowest BCUT2D eigenvalue weighted by molar-refractivity contribution is 0.0971. The topological polar surface area (TPSA) is 34.9 Å². The molecular weight excluding hydrogens is 236 g/mol. The van der Waals surface area contributed by atoms with Gasteiger partial charge >= 0.3 is 0 Å². The minimum atomic E-state index is 0.257. The molecule has 0 aliphatic heterocycles. The summed E-state index contributed by atoms with van der Waals surface area (Å²) < 4.78 is 1.96. The van der Waals surface area contributed by atoms with Crippen LogP contribution in [-0.4, -0.2) is 15.6 Å². The largest absolute Gasteiger partial charge is 0.294 e. The van der Waals surface area contributed by atoms with Crippen molar-refractivity contribution in [2.24, 2.45) is 0 Å². The molecule has 0 bridgehead atoms. The first-order valence-corrected chi connectivity index (χ1v) is 6.89. The maximum Gasteiger partial charge on any atom is 0.166 e. The van der Waals surface area contributed by atoms with Crippen LogP contribution in [0.2, 0.25) is 0 Å². The van der Waals surface area contributed by atoms with Crippen molar-refractivity contribution in [3.63, 3.8) is 0 Å². The summed E-state index contributed by atoms with van der Waals surface area (Å²) in [6.45, 7) is 4.19. The lowest BCUT2D eigenvalue weighted by atomic mass is 9.91. The second-order valence-electron chi connectivity index (χ2n) is 5.39. The number of Topliss-reactive ketones (excluding diaryl/α,β-unsaturated/α-hetero) is 1. The molecule has 0 saturated carbocycles. The second-order valence-corrected chi connectivity index (χ2v) is 5.39. The van der Waals surface area contributed by atoms with Crippen LogP contribution in [0, 0.1) is 0 Å². The van der Waals surface area contributed by atoms with Gasteiger partial charge in [-0.05, 0) is 30.9 Å². The molecule has 0 amide bonds. The van der Waals surface area contributed by atoms with Crippen LogP contribution >= 0.6 is 0 Å². The van der Waals surface area contributed by atoms with E-state index in [9.17, 15) is 4.79 Å². The molecule has 0 saturated heterocycles. The molecule has 1 aliphatic carbocycles. The third-order valence-corrected chi connectivity index (χ3v) is 3.65. The molecule has 1 aliphatic rings. The van der Waals surface area contributed by atoms with E-state index >= 15 is 0 Å². The molecule has 3 heteroatoms. The van der Waals surface area contributed by atoms with E-state index in [1.807, 2.05) is 35.0 Å². The Bertz CT molecular complexity index is 611. The van der Waals surface area contributed by atoms with Crippen molar-refractivity contribution < 1.29 is 4.79 Å². The number of nitrogens with zero attached hydrogens (tertiary/aromatic N) is 2. The highest BCUT2D eigenvalue weighted by atomic mass is 16.1. The minimum absolute atomic E-state index is 0.257. The van der Waals surface area contributed by atoms with Crippen molar-refractivity contribution in [1.82, 2.24) is 9.78 Å². The van der Waals surface area contributed by atoms with Crippen molar-refractivity contribution in [2.45, 2.75) is 39.0 Å². The molecule has 3 nitrogen and oxygen atoms in total. The highest BCUT2D eigenvalue weighted by Gasteiger charge is 2.28. The summed E-state index contributed by atoms with van der Waals surface area (Å²) in [5.41, 5.74) is 3.96. The van der Waals surface area contributed by atoms with E-state index in [0.29, 0.717) is 6.42 Å². The lowest BCUT2D eigenvalue weighted by Crippen LogP contribution is -2.13. The van der Waals surface area contributed by atoms with Crippen molar-refractivity contribution in [3.05, 3.63) is 47.3 Å². The highest BCUT2D eigenvalue weighted by Crippen LogP contribution is 2.30. The van der Waals surface area contributed by atoms with E-state index in [-0.39, 0.29) is 11.7 Å². The smallest absolute Gasteiger partial charge is 0.166 e. The molecule has 0 atom stereocenters. The summed E-state index contributed by atoms with van der Waals surface area (Å²) in [5.74, 6) is 0.535. The van der Waals surface area contributed by atoms with Gasteiger partial charge in [-0.25, -0.2) is 4.68 Å². The highest BCUT2D eigenvalue weighted by molar-refractivity contribution is 5.99. The van der Waals surface area contributed by atoms with Crippen LogP contribution in [0.3, 0.4) is 0 Å². The molecule has 0 N–H and O–H groups in total. The summed E-state index contributed by atoms with van der Waals surface area (Å²) in [6.07, 6.45) is 2.53.